The van der Waals surface area contributed by atoms with Gasteiger partial charge in [0.2, 0.25) is 0 Å². The topological polar surface area (TPSA) is 64.6 Å². The predicted molar refractivity (Wildman–Crippen MR) is 123 cm³/mol. The van der Waals surface area contributed by atoms with Gasteiger partial charge in [-0.15, -0.1) is 0 Å². The highest BCUT2D eigenvalue weighted by molar-refractivity contribution is 5.93. The molecule has 0 spiro atoms. The SMILES string of the molecule is COC(=O)c1ccc(NC(=O)COc2ccc(C34CC5CC(CC(C5)C3)C4)c(C)c2)cc1. The lowest BCUT2D eigenvalue weighted by molar-refractivity contribution is -0.118. The Kier molecular flexibility index (Phi) is 5.44. The Morgan fingerprint density at radius 1 is 0.969 bits per heavy atom. The standard InChI is InChI=1S/C27H31NO4/c1-17-9-23(32-16-25(29)28-22-5-3-21(4-6-22)26(30)31-2)7-8-24(17)27-13-18-10-19(14-27)12-20(11-18)15-27/h3-9,18-20H,10-16H2,1-2H3,(H,28,29). The first-order valence-corrected chi connectivity index (χ1v) is 11.7. The molecule has 0 saturated heterocycles. The van der Waals surface area contributed by atoms with Crippen molar-refractivity contribution in [2.75, 3.05) is 19.0 Å². The number of hydrogen-bond acceptors (Lipinski definition) is 4. The Balaban J connectivity index is 1.20. The van der Waals surface area contributed by atoms with Gasteiger partial charge in [-0.3, -0.25) is 4.79 Å². The van der Waals surface area contributed by atoms with E-state index in [1.165, 1.54) is 56.8 Å². The summed E-state index contributed by atoms with van der Waals surface area (Å²) in [4.78, 5) is 23.8. The van der Waals surface area contributed by atoms with Crippen LogP contribution in [-0.2, 0) is 14.9 Å². The van der Waals surface area contributed by atoms with E-state index in [0.29, 0.717) is 16.7 Å². The molecule has 6 rings (SSSR count). The molecule has 4 fully saturated rings. The Morgan fingerprint density at radius 3 is 2.16 bits per heavy atom. The van der Waals surface area contributed by atoms with Crippen molar-refractivity contribution in [2.45, 2.75) is 50.9 Å². The molecular formula is C27H31NO4. The Hall–Kier alpha value is -2.82. The summed E-state index contributed by atoms with van der Waals surface area (Å²) in [5.74, 6) is 2.84. The number of nitrogens with one attached hydrogen (secondary N) is 1. The number of hydrogen-bond donors (Lipinski definition) is 1. The van der Waals surface area contributed by atoms with Gasteiger partial charge in [-0.2, -0.15) is 0 Å². The maximum absolute atomic E-state index is 12.3. The average molecular weight is 434 g/mol. The molecule has 1 amide bonds. The van der Waals surface area contributed by atoms with Gasteiger partial charge in [0, 0.05) is 5.69 Å². The Morgan fingerprint density at radius 2 is 1.59 bits per heavy atom. The molecule has 0 aromatic heterocycles. The van der Waals surface area contributed by atoms with E-state index in [1.807, 2.05) is 6.07 Å². The van der Waals surface area contributed by atoms with Crippen molar-refractivity contribution in [2.24, 2.45) is 17.8 Å². The van der Waals surface area contributed by atoms with Crippen LogP contribution in [0, 0.1) is 24.7 Å². The first kappa shape index (κ1) is 21.0. The van der Waals surface area contributed by atoms with E-state index < -0.39 is 5.97 Å². The van der Waals surface area contributed by atoms with Crippen molar-refractivity contribution in [3.63, 3.8) is 0 Å². The van der Waals surface area contributed by atoms with Gasteiger partial charge in [-0.25, -0.2) is 4.79 Å². The van der Waals surface area contributed by atoms with Crippen molar-refractivity contribution in [3.8, 4) is 5.75 Å². The second kappa shape index (κ2) is 8.27. The van der Waals surface area contributed by atoms with Gasteiger partial charge in [0.15, 0.2) is 6.61 Å². The van der Waals surface area contributed by atoms with Crippen LogP contribution in [0.1, 0.15) is 60.0 Å². The van der Waals surface area contributed by atoms with Crippen LogP contribution in [0.2, 0.25) is 0 Å². The van der Waals surface area contributed by atoms with Gasteiger partial charge >= 0.3 is 5.97 Å². The minimum absolute atomic E-state index is 0.0606. The number of rotatable bonds is 6. The lowest BCUT2D eigenvalue weighted by atomic mass is 9.47. The number of esters is 1. The Bertz CT molecular complexity index is 991. The number of benzene rings is 2. The lowest BCUT2D eigenvalue weighted by Gasteiger charge is -2.57. The molecule has 4 aliphatic rings. The van der Waals surface area contributed by atoms with Crippen molar-refractivity contribution in [1.82, 2.24) is 0 Å². The second-order valence-electron chi connectivity index (χ2n) is 10.1. The third kappa shape index (κ3) is 4.01. The van der Waals surface area contributed by atoms with Crippen molar-refractivity contribution in [1.29, 1.82) is 0 Å². The molecule has 32 heavy (non-hydrogen) atoms. The molecule has 0 radical (unpaired) electrons. The van der Waals surface area contributed by atoms with Crippen molar-refractivity contribution in [3.05, 3.63) is 59.2 Å². The smallest absolute Gasteiger partial charge is 0.337 e. The van der Waals surface area contributed by atoms with E-state index in [2.05, 4.69) is 29.1 Å². The fraction of sp³-hybridized carbons (Fsp3) is 0.481. The van der Waals surface area contributed by atoms with Gasteiger partial charge in [-0.05, 0) is 116 Å². The highest BCUT2D eigenvalue weighted by Gasteiger charge is 2.51. The maximum Gasteiger partial charge on any atom is 0.337 e. The van der Waals surface area contributed by atoms with Gasteiger partial charge in [0.05, 0.1) is 12.7 Å². The molecular weight excluding hydrogens is 402 g/mol. The molecule has 1 N–H and O–H groups in total. The van der Waals surface area contributed by atoms with Crippen molar-refractivity contribution < 1.29 is 19.1 Å². The summed E-state index contributed by atoms with van der Waals surface area (Å²) in [5, 5.41) is 2.80. The average Bonchev–Trinajstić information content (AvgIpc) is 2.76. The predicted octanol–water partition coefficient (Wildman–Crippen LogP) is 5.27. The lowest BCUT2D eigenvalue weighted by Crippen LogP contribution is -2.48. The Labute approximate surface area is 189 Å². The second-order valence-corrected chi connectivity index (χ2v) is 10.1. The quantitative estimate of drug-likeness (QED) is 0.631. The number of carbonyl (C=O) groups excluding carboxylic acids is 2. The number of carbonyl (C=O) groups is 2. The van der Waals surface area contributed by atoms with Crippen LogP contribution in [0.3, 0.4) is 0 Å². The third-order valence-electron chi connectivity index (χ3n) is 7.77. The minimum atomic E-state index is -0.404. The number of ether oxygens (including phenoxy) is 2. The summed E-state index contributed by atoms with van der Waals surface area (Å²) in [7, 11) is 1.34. The molecule has 2 aromatic rings. The van der Waals surface area contributed by atoms with Gasteiger partial charge < -0.3 is 14.8 Å². The molecule has 4 saturated carbocycles. The number of methoxy groups -OCH3 is 1. The number of amides is 1. The first-order valence-electron chi connectivity index (χ1n) is 11.7. The van der Waals surface area contributed by atoms with Crippen LogP contribution in [-0.4, -0.2) is 25.6 Å². The van der Waals surface area contributed by atoms with E-state index in [-0.39, 0.29) is 12.5 Å². The summed E-state index contributed by atoms with van der Waals surface area (Å²) in [6.07, 6.45) is 8.37. The van der Waals surface area contributed by atoms with Crippen LogP contribution in [0.25, 0.3) is 0 Å². The number of anilines is 1. The highest BCUT2D eigenvalue weighted by Crippen LogP contribution is 2.61. The molecule has 5 heteroatoms. The summed E-state index contributed by atoms with van der Waals surface area (Å²) in [5.41, 5.74) is 4.20. The molecule has 168 valence electrons. The zero-order valence-electron chi connectivity index (χ0n) is 18.9. The fourth-order valence-corrected chi connectivity index (χ4v) is 6.91. The molecule has 4 bridgehead atoms. The van der Waals surface area contributed by atoms with Gasteiger partial charge in [0.25, 0.3) is 5.91 Å². The summed E-state index contributed by atoms with van der Waals surface area (Å²) in [6, 6.07) is 13.0. The van der Waals surface area contributed by atoms with Crippen molar-refractivity contribution >= 4 is 17.6 Å². The van der Waals surface area contributed by atoms with E-state index in [1.54, 1.807) is 24.3 Å². The van der Waals surface area contributed by atoms with Gasteiger partial charge in [0.1, 0.15) is 5.75 Å². The van der Waals surface area contributed by atoms with Crippen LogP contribution < -0.4 is 10.1 Å². The summed E-state index contributed by atoms with van der Waals surface area (Å²) in [6.45, 7) is 2.12. The molecule has 0 unspecified atom stereocenters. The molecule has 2 aromatic carbocycles. The fourth-order valence-electron chi connectivity index (χ4n) is 6.91. The van der Waals surface area contributed by atoms with Crippen LogP contribution in [0.15, 0.2) is 42.5 Å². The maximum atomic E-state index is 12.3. The van der Waals surface area contributed by atoms with Crippen LogP contribution in [0.4, 0.5) is 5.69 Å². The van der Waals surface area contributed by atoms with Gasteiger partial charge in [-0.1, -0.05) is 6.07 Å². The highest BCUT2D eigenvalue weighted by atomic mass is 16.5. The van der Waals surface area contributed by atoms with Crippen LogP contribution in [0.5, 0.6) is 5.75 Å². The molecule has 5 nitrogen and oxygen atoms in total. The van der Waals surface area contributed by atoms with E-state index >= 15 is 0 Å². The van der Waals surface area contributed by atoms with Crippen LogP contribution >= 0.6 is 0 Å². The monoisotopic (exact) mass is 433 g/mol. The van der Waals surface area contributed by atoms with E-state index in [9.17, 15) is 9.59 Å². The number of aryl methyl sites for hydroxylation is 1. The van der Waals surface area contributed by atoms with E-state index in [4.69, 9.17) is 4.74 Å². The third-order valence-corrected chi connectivity index (χ3v) is 7.77. The molecule has 4 aliphatic carbocycles. The molecule has 0 aliphatic heterocycles. The zero-order chi connectivity index (χ0) is 22.3. The first-order chi connectivity index (χ1) is 15.4. The summed E-state index contributed by atoms with van der Waals surface area (Å²) < 4.78 is 10.5. The normalized spacial score (nSPS) is 27.8. The molecule has 0 atom stereocenters. The molecule has 0 heterocycles. The largest absolute Gasteiger partial charge is 0.484 e. The zero-order valence-corrected chi connectivity index (χ0v) is 18.9. The minimum Gasteiger partial charge on any atom is -0.484 e. The van der Waals surface area contributed by atoms with E-state index in [0.717, 1.165) is 23.5 Å². The summed E-state index contributed by atoms with van der Waals surface area (Å²) >= 11 is 0.